The van der Waals surface area contributed by atoms with E-state index >= 15 is 0 Å². The summed E-state index contributed by atoms with van der Waals surface area (Å²) >= 11 is 7.72. The van der Waals surface area contributed by atoms with Crippen molar-refractivity contribution in [2.45, 2.75) is 72.3 Å². The van der Waals surface area contributed by atoms with E-state index in [2.05, 4.69) is 73.7 Å². The SMILES string of the molecule is O=C=O.O=C=O.O=C=O.[C-]#[N+]C1=C(SC)CC(=C)C=C1C.[C-]#[N+]C1=C(SCC)NC(=C)C=C1C.[C-]#[N+]C1=C(c2ccccc2)C(C#N)=C(SCC)CC1=O.[C-]#[N+]C1=C(c2ccccc2)C(C#N)=C(SCCC)CC1=O.[C-]#[N+]c1c(C)cc(=O)[nH]c1SC. The number of nitriles is 2. The number of hydrogen-bond donors (Lipinski definition) is 2. The number of pyridine rings is 1. The molecule has 0 saturated heterocycles. The first-order chi connectivity index (χ1) is 41.7. The molecule has 0 atom stereocenters. The summed E-state index contributed by atoms with van der Waals surface area (Å²) in [6.07, 6.45) is 10.6. The molecule has 3 aliphatic carbocycles. The minimum absolute atomic E-state index is 0.0770. The van der Waals surface area contributed by atoms with E-state index in [1.807, 2.05) is 106 Å². The number of carbonyl (C=O) groups excluding carboxylic acids is 8. The number of aromatic nitrogens is 1. The second kappa shape index (κ2) is 43.8. The van der Waals surface area contributed by atoms with Crippen LogP contribution in [0.2, 0.25) is 0 Å². The van der Waals surface area contributed by atoms with E-state index in [9.17, 15) is 24.9 Å². The zero-order valence-corrected chi connectivity index (χ0v) is 52.8. The number of dihydropyridines is 1. The molecule has 0 bridgehead atoms. The zero-order valence-electron chi connectivity index (χ0n) is 48.7. The molecular formula is C64H57N9O9S5. The smallest absolute Gasteiger partial charge is 0.360 e. The molecule has 0 spiro atoms. The van der Waals surface area contributed by atoms with Gasteiger partial charge in [-0.2, -0.15) is 39.3 Å². The highest BCUT2D eigenvalue weighted by Crippen LogP contribution is 2.42. The van der Waals surface area contributed by atoms with Crippen LogP contribution in [-0.4, -0.2) is 64.8 Å². The van der Waals surface area contributed by atoms with E-state index in [1.54, 1.807) is 42.2 Å². The van der Waals surface area contributed by atoms with Gasteiger partial charge in [-0.05, 0) is 108 Å². The van der Waals surface area contributed by atoms with Gasteiger partial charge in [0.2, 0.25) is 28.3 Å². The van der Waals surface area contributed by atoms with Gasteiger partial charge in [-0.15, -0.1) is 58.8 Å². The number of carbonyl (C=O) groups is 2. The van der Waals surface area contributed by atoms with E-state index in [-0.39, 0.29) is 59.8 Å². The minimum atomic E-state index is -0.200. The third kappa shape index (κ3) is 24.8. The Morgan fingerprint density at radius 1 is 0.575 bits per heavy atom. The van der Waals surface area contributed by atoms with Crippen molar-refractivity contribution < 1.29 is 38.4 Å². The molecule has 1 aliphatic heterocycles. The molecule has 23 heteroatoms. The highest BCUT2D eigenvalue weighted by molar-refractivity contribution is 8.03. The summed E-state index contributed by atoms with van der Waals surface area (Å²) in [6, 6.07) is 24.2. The van der Waals surface area contributed by atoms with Gasteiger partial charge >= 0.3 is 18.5 Å². The maximum absolute atomic E-state index is 12.2. The summed E-state index contributed by atoms with van der Waals surface area (Å²) in [5, 5.41) is 23.7. The molecular weight excluding hydrogens is 1200 g/mol. The lowest BCUT2D eigenvalue weighted by Crippen LogP contribution is -2.15. The van der Waals surface area contributed by atoms with E-state index in [0.717, 1.165) is 100 Å². The average Bonchev–Trinajstić information content (AvgIpc) is 2.16. The number of H-pyrrole nitrogens is 1. The van der Waals surface area contributed by atoms with Crippen molar-refractivity contribution in [3.05, 3.63) is 252 Å². The Bertz CT molecular complexity index is 3770. The summed E-state index contributed by atoms with van der Waals surface area (Å²) in [6.45, 7) is 55.0. The molecule has 3 aromatic rings. The van der Waals surface area contributed by atoms with Crippen molar-refractivity contribution in [3.8, 4) is 12.1 Å². The van der Waals surface area contributed by atoms with Gasteiger partial charge in [0.15, 0.2) is 17.3 Å². The largest absolute Gasteiger partial charge is 0.373 e. The standard InChI is InChI=1S/C17H14N2OS.C16H12N2OS.C10H12N2S.C10H11NS.C8H8N2OS.3CO2/c1-3-9-21-15-10-14(20)17(19-2)16(13(15)11-18)12-7-5-4-6-8-12;1-3-20-14-9-13(19)16(18-2)15(12(14)10-17)11-7-5-4-6-8-11;1-5-13-10-9(11-4)7(2)6-8(3)12-10;1-7-5-8(2)10(11-3)9(6-7)12-4;1-5-4-6(11)10-8(12-3)7(5)9-2;3*2-1-3/h4-8H,3,9-10H2,1H3;4-8H,3,9H2,1H3;6,12H,3,5H2,1-2H3;5H,1,6H2,2,4H3;4H,1,3H3,(H,10,11);;;. The van der Waals surface area contributed by atoms with Crippen LogP contribution in [0.5, 0.6) is 0 Å². The molecule has 0 saturated carbocycles. The fourth-order valence-electron chi connectivity index (χ4n) is 7.65. The van der Waals surface area contributed by atoms with Crippen LogP contribution in [0, 0.1) is 62.4 Å². The molecule has 2 aromatic carbocycles. The Morgan fingerprint density at radius 3 is 1.39 bits per heavy atom. The van der Waals surface area contributed by atoms with Crippen LogP contribution < -0.4 is 10.9 Å². The maximum atomic E-state index is 12.2. The monoisotopic (exact) mass is 1260 g/mol. The Kier molecular flexibility index (Phi) is 38.9. The predicted octanol–water partition coefficient (Wildman–Crippen LogP) is 14.5. The lowest BCUT2D eigenvalue weighted by molar-refractivity contribution is -0.193. The number of aromatic amines is 1. The Hall–Kier alpha value is -9.75. The van der Waals surface area contributed by atoms with E-state index in [4.69, 9.17) is 61.6 Å². The molecule has 0 fully saturated rings. The number of hydrogen-bond acceptors (Lipinski definition) is 17. The average molecular weight is 1260 g/mol. The number of nitrogens with zero attached hydrogens (tertiary/aromatic N) is 7. The van der Waals surface area contributed by atoms with Crippen molar-refractivity contribution in [3.63, 3.8) is 0 Å². The van der Waals surface area contributed by atoms with Crippen molar-refractivity contribution in [2.24, 2.45) is 0 Å². The summed E-state index contributed by atoms with van der Waals surface area (Å²) < 4.78 is 0. The van der Waals surface area contributed by atoms with Crippen molar-refractivity contribution in [1.29, 1.82) is 10.5 Å². The predicted molar refractivity (Wildman–Crippen MR) is 343 cm³/mol. The molecule has 1 aromatic heterocycles. The second-order valence-corrected chi connectivity index (χ2v) is 22.3. The Balaban J connectivity index is 0.00000104. The molecule has 0 radical (unpaired) electrons. The summed E-state index contributed by atoms with van der Waals surface area (Å²) in [5.41, 5.74) is 10.2. The second-order valence-electron chi connectivity index (χ2n) is 16.7. The van der Waals surface area contributed by atoms with Crippen LogP contribution in [0.25, 0.3) is 35.4 Å². The number of benzene rings is 2. The first-order valence-corrected chi connectivity index (χ1v) is 30.6. The van der Waals surface area contributed by atoms with Crippen molar-refractivity contribution >= 4 is 106 Å². The number of Topliss-reactive ketones (excluding diaryl/α,β-unsaturated/α-hetero) is 2. The third-order valence-corrected chi connectivity index (χ3v) is 15.7. The Morgan fingerprint density at radius 2 is 1.01 bits per heavy atom. The number of rotatable bonds is 11. The van der Waals surface area contributed by atoms with Gasteiger partial charge in [0.25, 0.3) is 0 Å². The number of thioether (sulfide) groups is 5. The molecule has 442 valence electrons. The van der Waals surface area contributed by atoms with Crippen molar-refractivity contribution in [1.82, 2.24) is 10.3 Å². The molecule has 7 rings (SSSR count). The van der Waals surface area contributed by atoms with Crippen LogP contribution in [0.15, 0.2) is 178 Å². The molecule has 0 unspecified atom stereocenters. The molecule has 2 heterocycles. The van der Waals surface area contributed by atoms with Crippen molar-refractivity contribution in [2.75, 3.05) is 29.8 Å². The molecule has 2 N–H and O–H groups in total. The summed E-state index contributed by atoms with van der Waals surface area (Å²) in [5.74, 6) is 2.23. The van der Waals surface area contributed by atoms with Crippen LogP contribution >= 0.6 is 58.8 Å². The topological polar surface area (TPSA) is 251 Å². The van der Waals surface area contributed by atoms with Crippen LogP contribution in [0.3, 0.4) is 0 Å². The number of ketones is 2. The fourth-order valence-corrected chi connectivity index (χ4v) is 11.7. The third-order valence-electron chi connectivity index (χ3n) is 11.0. The van der Waals surface area contributed by atoms with Crippen LogP contribution in [0.4, 0.5) is 5.69 Å². The van der Waals surface area contributed by atoms with Gasteiger partial charge in [-0.1, -0.05) is 106 Å². The van der Waals surface area contributed by atoms with Gasteiger partial charge in [0.1, 0.15) is 0 Å². The van der Waals surface area contributed by atoms with Gasteiger partial charge in [0.05, 0.1) is 66.2 Å². The van der Waals surface area contributed by atoms with E-state index < -0.39 is 0 Å². The summed E-state index contributed by atoms with van der Waals surface area (Å²) in [4.78, 5) is 106. The van der Waals surface area contributed by atoms with Gasteiger partial charge in [-0.3, -0.25) is 4.79 Å². The van der Waals surface area contributed by atoms with Crippen LogP contribution in [-0.2, 0) is 38.4 Å². The van der Waals surface area contributed by atoms with Gasteiger partial charge in [-0.25, -0.2) is 24.2 Å². The Labute approximate surface area is 527 Å². The molecule has 87 heavy (non-hydrogen) atoms. The lowest BCUT2D eigenvalue weighted by atomic mass is 9.89. The lowest BCUT2D eigenvalue weighted by Gasteiger charge is -2.19. The quantitative estimate of drug-likeness (QED) is 0.134. The molecule has 0 amide bonds. The van der Waals surface area contributed by atoms with Gasteiger partial charge < -0.3 is 19.9 Å². The molecule has 4 aliphatic rings. The first kappa shape index (κ1) is 77.2. The van der Waals surface area contributed by atoms with E-state index in [0.29, 0.717) is 33.0 Å². The highest BCUT2D eigenvalue weighted by atomic mass is 32.2. The minimum Gasteiger partial charge on any atom is -0.360 e. The maximum Gasteiger partial charge on any atom is 0.373 e. The van der Waals surface area contributed by atoms with Gasteiger partial charge in [0, 0.05) is 39.5 Å². The number of nitrogens with one attached hydrogen (secondary N) is 2. The first-order valence-electron chi connectivity index (χ1n) is 25.2. The number of aryl methyl sites for hydroxylation is 1. The number of allylic oxidation sites excluding steroid dienone is 14. The normalized spacial score (nSPS) is 13.5. The summed E-state index contributed by atoms with van der Waals surface area (Å²) in [7, 11) is 0. The van der Waals surface area contributed by atoms with E-state index in [1.165, 1.54) is 29.6 Å². The van der Waals surface area contributed by atoms with Crippen LogP contribution in [0.1, 0.15) is 77.0 Å². The highest BCUT2D eigenvalue weighted by Gasteiger charge is 2.31. The fraction of sp³-hybridized carbons (Fsp3) is 0.234. The molecule has 18 nitrogen and oxygen atoms in total. The zero-order chi connectivity index (χ0) is 66.0.